The fourth-order valence-corrected chi connectivity index (χ4v) is 2.84. The number of nitrogens with one attached hydrogen (secondary N) is 1. The van der Waals surface area contributed by atoms with E-state index in [1.54, 1.807) is 18.3 Å². The summed E-state index contributed by atoms with van der Waals surface area (Å²) in [5.74, 6) is 0.586. The van der Waals surface area contributed by atoms with Gasteiger partial charge in [-0.25, -0.2) is 4.98 Å². The van der Waals surface area contributed by atoms with Gasteiger partial charge in [0.25, 0.3) is 5.91 Å². The molecule has 0 radical (unpaired) electrons. The Kier molecular flexibility index (Phi) is 5.40. The molecule has 1 fully saturated rings. The number of ether oxygens (including phenoxy) is 1. The Morgan fingerprint density at radius 2 is 2.00 bits per heavy atom. The molecule has 1 saturated heterocycles. The predicted octanol–water partition coefficient (Wildman–Crippen LogP) is 2.89. The second kappa shape index (κ2) is 7.72. The van der Waals surface area contributed by atoms with Crippen molar-refractivity contribution < 1.29 is 9.53 Å². The first-order valence-corrected chi connectivity index (χ1v) is 8.49. The van der Waals surface area contributed by atoms with E-state index in [2.05, 4.69) is 15.2 Å². The van der Waals surface area contributed by atoms with Gasteiger partial charge < -0.3 is 19.9 Å². The molecule has 7 heteroatoms. The van der Waals surface area contributed by atoms with E-state index in [4.69, 9.17) is 16.3 Å². The first-order chi connectivity index (χ1) is 12.0. The Morgan fingerprint density at radius 1 is 1.24 bits per heavy atom. The highest BCUT2D eigenvalue weighted by atomic mass is 35.5. The van der Waals surface area contributed by atoms with E-state index in [0.717, 1.165) is 24.6 Å². The van der Waals surface area contributed by atoms with Crippen molar-refractivity contribution in [2.45, 2.75) is 0 Å². The zero-order valence-corrected chi connectivity index (χ0v) is 15.1. The van der Waals surface area contributed by atoms with Crippen LogP contribution in [0.5, 0.6) is 0 Å². The number of carbonyl (C=O) groups excluding carboxylic acids is 1. The molecule has 2 aromatic rings. The van der Waals surface area contributed by atoms with Gasteiger partial charge in [-0.15, -0.1) is 0 Å². The van der Waals surface area contributed by atoms with Crippen LogP contribution in [0.3, 0.4) is 0 Å². The van der Waals surface area contributed by atoms with Crippen molar-refractivity contribution in [3.8, 4) is 0 Å². The SMILES string of the molecule is CN(C)c1ccc(C(=O)Nc2cc(Cl)ccc2N2CCOCC2)cn1. The van der Waals surface area contributed by atoms with Crippen molar-refractivity contribution in [2.75, 3.05) is 55.5 Å². The summed E-state index contributed by atoms with van der Waals surface area (Å²) in [5.41, 5.74) is 2.13. The van der Waals surface area contributed by atoms with Crippen LogP contribution in [0.4, 0.5) is 17.2 Å². The number of carbonyl (C=O) groups is 1. The van der Waals surface area contributed by atoms with E-state index in [-0.39, 0.29) is 5.91 Å². The lowest BCUT2D eigenvalue weighted by atomic mass is 10.2. The molecule has 132 valence electrons. The molecule has 1 aliphatic rings. The Labute approximate surface area is 152 Å². The predicted molar refractivity (Wildman–Crippen MR) is 101 cm³/mol. The number of hydrogen-bond donors (Lipinski definition) is 1. The minimum Gasteiger partial charge on any atom is -0.378 e. The highest BCUT2D eigenvalue weighted by Crippen LogP contribution is 2.30. The number of rotatable bonds is 4. The van der Waals surface area contributed by atoms with Crippen LogP contribution >= 0.6 is 11.6 Å². The van der Waals surface area contributed by atoms with E-state index in [1.165, 1.54) is 0 Å². The van der Waals surface area contributed by atoms with E-state index < -0.39 is 0 Å². The minimum atomic E-state index is -0.213. The van der Waals surface area contributed by atoms with Gasteiger partial charge in [-0.3, -0.25) is 4.79 Å². The number of aromatic nitrogens is 1. The second-order valence-electron chi connectivity index (χ2n) is 6.01. The molecular weight excluding hydrogens is 340 g/mol. The monoisotopic (exact) mass is 360 g/mol. The zero-order valence-electron chi connectivity index (χ0n) is 14.3. The first kappa shape index (κ1) is 17.5. The van der Waals surface area contributed by atoms with Crippen molar-refractivity contribution in [1.29, 1.82) is 0 Å². The van der Waals surface area contributed by atoms with Gasteiger partial charge in [0.15, 0.2) is 0 Å². The smallest absolute Gasteiger partial charge is 0.257 e. The molecule has 0 aliphatic carbocycles. The maximum absolute atomic E-state index is 12.6. The topological polar surface area (TPSA) is 57.7 Å². The van der Waals surface area contributed by atoms with E-state index >= 15 is 0 Å². The van der Waals surface area contributed by atoms with Crippen LogP contribution in [0.2, 0.25) is 5.02 Å². The first-order valence-electron chi connectivity index (χ1n) is 8.11. The molecule has 0 atom stereocenters. The molecule has 25 heavy (non-hydrogen) atoms. The molecule has 1 aliphatic heterocycles. The number of pyridine rings is 1. The van der Waals surface area contributed by atoms with Crippen molar-refractivity contribution >= 4 is 34.7 Å². The molecular formula is C18H21ClN4O2. The van der Waals surface area contributed by atoms with Gasteiger partial charge in [0.2, 0.25) is 0 Å². The number of halogens is 1. The third-order valence-electron chi connectivity index (χ3n) is 4.03. The summed E-state index contributed by atoms with van der Waals surface area (Å²) in [6.07, 6.45) is 1.57. The largest absolute Gasteiger partial charge is 0.378 e. The summed E-state index contributed by atoms with van der Waals surface area (Å²) in [6.45, 7) is 2.91. The summed E-state index contributed by atoms with van der Waals surface area (Å²) in [4.78, 5) is 20.9. The fourth-order valence-electron chi connectivity index (χ4n) is 2.67. The molecule has 0 bridgehead atoms. The summed E-state index contributed by atoms with van der Waals surface area (Å²) in [6, 6.07) is 9.10. The van der Waals surface area contributed by atoms with Gasteiger partial charge in [0.05, 0.1) is 30.2 Å². The van der Waals surface area contributed by atoms with Crippen LogP contribution in [-0.2, 0) is 4.74 Å². The molecule has 0 unspecified atom stereocenters. The number of amides is 1. The molecule has 1 N–H and O–H groups in total. The lowest BCUT2D eigenvalue weighted by Crippen LogP contribution is -2.36. The van der Waals surface area contributed by atoms with Crippen LogP contribution in [0.1, 0.15) is 10.4 Å². The summed E-state index contributed by atoms with van der Waals surface area (Å²) >= 11 is 6.13. The Morgan fingerprint density at radius 3 is 2.64 bits per heavy atom. The van der Waals surface area contributed by atoms with Gasteiger partial charge in [0.1, 0.15) is 5.82 Å². The van der Waals surface area contributed by atoms with Crippen LogP contribution in [0, 0.1) is 0 Å². The van der Waals surface area contributed by atoms with Gasteiger partial charge in [-0.05, 0) is 30.3 Å². The molecule has 6 nitrogen and oxygen atoms in total. The van der Waals surface area contributed by atoms with Crippen molar-refractivity contribution in [1.82, 2.24) is 4.98 Å². The fraction of sp³-hybridized carbons (Fsp3) is 0.333. The molecule has 0 spiro atoms. The van der Waals surface area contributed by atoms with Gasteiger partial charge >= 0.3 is 0 Å². The number of morpholine rings is 1. The third-order valence-corrected chi connectivity index (χ3v) is 4.26. The van der Waals surface area contributed by atoms with Crippen LogP contribution < -0.4 is 15.1 Å². The van der Waals surface area contributed by atoms with Crippen LogP contribution in [0.25, 0.3) is 0 Å². The van der Waals surface area contributed by atoms with Gasteiger partial charge in [-0.1, -0.05) is 11.6 Å². The lowest BCUT2D eigenvalue weighted by molar-refractivity contribution is 0.102. The molecule has 0 saturated carbocycles. The summed E-state index contributed by atoms with van der Waals surface area (Å²) in [5, 5.41) is 3.53. The lowest BCUT2D eigenvalue weighted by Gasteiger charge is -2.30. The van der Waals surface area contributed by atoms with Gasteiger partial charge in [0, 0.05) is 38.4 Å². The average molecular weight is 361 g/mol. The van der Waals surface area contributed by atoms with Crippen molar-refractivity contribution in [3.63, 3.8) is 0 Å². The normalized spacial score (nSPS) is 14.3. The average Bonchev–Trinajstić information content (AvgIpc) is 2.62. The van der Waals surface area contributed by atoms with E-state index in [0.29, 0.717) is 29.5 Å². The molecule has 1 aromatic heterocycles. The summed E-state index contributed by atoms with van der Waals surface area (Å²) in [7, 11) is 3.81. The maximum atomic E-state index is 12.6. The second-order valence-corrected chi connectivity index (χ2v) is 6.45. The van der Waals surface area contributed by atoms with Gasteiger partial charge in [-0.2, -0.15) is 0 Å². The quantitative estimate of drug-likeness (QED) is 0.908. The highest BCUT2D eigenvalue weighted by molar-refractivity contribution is 6.31. The van der Waals surface area contributed by atoms with E-state index in [9.17, 15) is 4.79 Å². The maximum Gasteiger partial charge on any atom is 0.257 e. The highest BCUT2D eigenvalue weighted by Gasteiger charge is 2.17. The number of benzene rings is 1. The Bertz CT molecular complexity index is 743. The number of hydrogen-bond acceptors (Lipinski definition) is 5. The molecule has 3 rings (SSSR count). The number of anilines is 3. The minimum absolute atomic E-state index is 0.213. The molecule has 1 amide bonds. The number of nitrogens with zero attached hydrogens (tertiary/aromatic N) is 3. The van der Waals surface area contributed by atoms with Crippen LogP contribution in [-0.4, -0.2) is 51.3 Å². The van der Waals surface area contributed by atoms with Crippen LogP contribution in [0.15, 0.2) is 36.5 Å². The Balaban J connectivity index is 1.81. The van der Waals surface area contributed by atoms with Crippen molar-refractivity contribution in [2.24, 2.45) is 0 Å². The molecule has 2 heterocycles. The third kappa shape index (κ3) is 4.21. The summed E-state index contributed by atoms with van der Waals surface area (Å²) < 4.78 is 5.40. The van der Waals surface area contributed by atoms with E-state index in [1.807, 2.05) is 37.2 Å². The molecule has 1 aromatic carbocycles. The standard InChI is InChI=1S/C18H21ClN4O2/c1-22(2)17-6-3-13(12-20-17)18(24)21-15-11-14(19)4-5-16(15)23-7-9-25-10-8-23/h3-6,11-12H,7-10H2,1-2H3,(H,21,24). The Hall–Kier alpha value is -2.31. The zero-order chi connectivity index (χ0) is 17.8. The van der Waals surface area contributed by atoms with Crippen molar-refractivity contribution in [3.05, 3.63) is 47.1 Å².